The summed E-state index contributed by atoms with van der Waals surface area (Å²) in [7, 11) is -0.845. The van der Waals surface area contributed by atoms with Crippen LogP contribution < -0.4 is 5.32 Å². The lowest BCUT2D eigenvalue weighted by atomic mass is 9.82. The fourth-order valence-corrected chi connectivity index (χ4v) is 2.94. The predicted molar refractivity (Wildman–Crippen MR) is 69.7 cm³/mol. The van der Waals surface area contributed by atoms with E-state index in [0.717, 1.165) is 12.8 Å². The molecule has 2 N–H and O–H groups in total. The third kappa shape index (κ3) is 4.40. The Bertz CT molecular complexity index is 337. The van der Waals surface area contributed by atoms with Crippen LogP contribution in [-0.4, -0.2) is 39.7 Å². The Morgan fingerprint density at radius 2 is 1.94 bits per heavy atom. The van der Waals surface area contributed by atoms with E-state index < -0.39 is 22.2 Å². The Morgan fingerprint density at radius 3 is 2.44 bits per heavy atom. The predicted octanol–water partition coefficient (Wildman–Crippen LogP) is 0.906. The van der Waals surface area contributed by atoms with Gasteiger partial charge in [0.1, 0.15) is 0 Å². The Kier molecular flexibility index (Phi) is 5.78. The summed E-state index contributed by atoms with van der Waals surface area (Å²) in [5.74, 6) is -0.504. The fourth-order valence-electron chi connectivity index (χ4n) is 2.39. The van der Waals surface area contributed by atoms with Crippen LogP contribution in [0.4, 0.5) is 0 Å². The SMILES string of the molecule is CS(=O)CCCNC(=O)CC1(C(=O)O)CCCC1. The van der Waals surface area contributed by atoms with E-state index in [0.29, 0.717) is 31.6 Å². The summed E-state index contributed by atoms with van der Waals surface area (Å²) in [5, 5.41) is 11.9. The standard InChI is InChI=1S/C12H21NO4S/c1-18(17)8-4-7-13-10(14)9-12(11(15)16)5-2-3-6-12/h2-9H2,1H3,(H,13,14)(H,15,16). The van der Waals surface area contributed by atoms with Gasteiger partial charge in [-0.05, 0) is 19.3 Å². The van der Waals surface area contributed by atoms with E-state index in [-0.39, 0.29) is 12.3 Å². The molecule has 0 aromatic rings. The monoisotopic (exact) mass is 275 g/mol. The van der Waals surface area contributed by atoms with E-state index in [1.54, 1.807) is 6.26 Å². The van der Waals surface area contributed by atoms with Crippen molar-refractivity contribution >= 4 is 22.7 Å². The molecule has 0 radical (unpaired) electrons. The zero-order chi connectivity index (χ0) is 13.6. The summed E-state index contributed by atoms with van der Waals surface area (Å²) in [6, 6.07) is 0. The third-order valence-corrected chi connectivity index (χ3v) is 4.31. The zero-order valence-corrected chi connectivity index (χ0v) is 11.6. The summed E-state index contributed by atoms with van der Waals surface area (Å²) in [6.07, 6.45) is 5.30. The molecule has 1 amide bonds. The number of carbonyl (C=O) groups is 2. The number of amides is 1. The van der Waals surface area contributed by atoms with Crippen LogP contribution in [0.25, 0.3) is 0 Å². The minimum absolute atomic E-state index is 0.0670. The topological polar surface area (TPSA) is 83.5 Å². The molecule has 1 fully saturated rings. The molecule has 1 aliphatic carbocycles. The minimum atomic E-state index is -0.857. The summed E-state index contributed by atoms with van der Waals surface area (Å²) in [4.78, 5) is 23.0. The molecule has 0 spiro atoms. The summed E-state index contributed by atoms with van der Waals surface area (Å²) < 4.78 is 10.8. The first-order chi connectivity index (χ1) is 8.46. The number of carboxylic acid groups (broad SMARTS) is 1. The van der Waals surface area contributed by atoms with Crippen LogP contribution in [0, 0.1) is 5.41 Å². The molecule has 1 atom stereocenters. The number of hydrogen-bond donors (Lipinski definition) is 2. The van der Waals surface area contributed by atoms with Crippen LogP contribution in [0.2, 0.25) is 0 Å². The second kappa shape index (κ2) is 6.87. The van der Waals surface area contributed by atoms with Crippen LogP contribution in [-0.2, 0) is 20.4 Å². The van der Waals surface area contributed by atoms with Crippen molar-refractivity contribution in [1.29, 1.82) is 0 Å². The molecule has 5 nitrogen and oxygen atoms in total. The molecule has 0 aromatic heterocycles. The maximum atomic E-state index is 11.7. The third-order valence-electron chi connectivity index (χ3n) is 3.44. The molecule has 1 saturated carbocycles. The number of nitrogens with one attached hydrogen (secondary N) is 1. The first kappa shape index (κ1) is 15.1. The Labute approximate surface area is 110 Å². The van der Waals surface area contributed by atoms with Gasteiger partial charge in [0.05, 0.1) is 5.41 Å². The van der Waals surface area contributed by atoms with Crippen LogP contribution in [0.15, 0.2) is 0 Å². The Hall–Kier alpha value is -0.910. The Balaban J connectivity index is 2.34. The van der Waals surface area contributed by atoms with Crippen molar-refractivity contribution in [2.24, 2.45) is 5.41 Å². The molecule has 6 heteroatoms. The van der Waals surface area contributed by atoms with Crippen LogP contribution in [0.3, 0.4) is 0 Å². The van der Waals surface area contributed by atoms with Gasteiger partial charge < -0.3 is 10.4 Å². The highest BCUT2D eigenvalue weighted by Gasteiger charge is 2.42. The quantitative estimate of drug-likeness (QED) is 0.676. The zero-order valence-electron chi connectivity index (χ0n) is 10.7. The number of aliphatic carboxylic acids is 1. The average Bonchev–Trinajstić information content (AvgIpc) is 2.74. The van der Waals surface area contributed by atoms with Gasteiger partial charge in [0, 0.05) is 35.8 Å². The van der Waals surface area contributed by atoms with Gasteiger partial charge in [-0.2, -0.15) is 0 Å². The second-order valence-electron chi connectivity index (χ2n) is 4.95. The molecule has 1 aliphatic rings. The smallest absolute Gasteiger partial charge is 0.310 e. The fraction of sp³-hybridized carbons (Fsp3) is 0.833. The molecule has 0 aromatic carbocycles. The van der Waals surface area contributed by atoms with Gasteiger partial charge in [-0.25, -0.2) is 0 Å². The molecular formula is C12H21NO4S. The lowest BCUT2D eigenvalue weighted by molar-refractivity contribution is -0.151. The molecular weight excluding hydrogens is 254 g/mol. The van der Waals surface area contributed by atoms with Crippen molar-refractivity contribution in [1.82, 2.24) is 5.32 Å². The highest BCUT2D eigenvalue weighted by atomic mass is 32.2. The molecule has 0 saturated heterocycles. The number of rotatable bonds is 7. The maximum Gasteiger partial charge on any atom is 0.310 e. The second-order valence-corrected chi connectivity index (χ2v) is 6.50. The maximum absolute atomic E-state index is 11.7. The summed E-state index contributed by atoms with van der Waals surface area (Å²) >= 11 is 0. The van der Waals surface area contributed by atoms with Crippen LogP contribution in [0.1, 0.15) is 38.5 Å². The molecule has 0 heterocycles. The summed E-state index contributed by atoms with van der Waals surface area (Å²) in [5.41, 5.74) is -0.850. The van der Waals surface area contributed by atoms with Crippen molar-refractivity contribution in [2.45, 2.75) is 38.5 Å². The van der Waals surface area contributed by atoms with Crippen LogP contribution in [0.5, 0.6) is 0 Å². The number of hydrogen-bond acceptors (Lipinski definition) is 3. The first-order valence-corrected chi connectivity index (χ1v) is 7.99. The van der Waals surface area contributed by atoms with E-state index in [9.17, 15) is 18.9 Å². The lowest BCUT2D eigenvalue weighted by Gasteiger charge is -2.22. The van der Waals surface area contributed by atoms with Gasteiger partial charge in [0.15, 0.2) is 0 Å². The lowest BCUT2D eigenvalue weighted by Crippen LogP contribution is -2.36. The van der Waals surface area contributed by atoms with E-state index in [1.165, 1.54) is 0 Å². The normalized spacial score (nSPS) is 19.4. The molecule has 1 unspecified atom stereocenters. The molecule has 1 rings (SSSR count). The Morgan fingerprint density at radius 1 is 1.33 bits per heavy atom. The van der Waals surface area contributed by atoms with Crippen molar-refractivity contribution in [3.05, 3.63) is 0 Å². The van der Waals surface area contributed by atoms with E-state index in [4.69, 9.17) is 0 Å². The molecule has 0 aliphatic heterocycles. The van der Waals surface area contributed by atoms with E-state index in [2.05, 4.69) is 5.32 Å². The van der Waals surface area contributed by atoms with E-state index >= 15 is 0 Å². The molecule has 104 valence electrons. The van der Waals surface area contributed by atoms with Gasteiger partial charge in [-0.1, -0.05) is 12.8 Å². The van der Waals surface area contributed by atoms with Crippen molar-refractivity contribution < 1.29 is 18.9 Å². The van der Waals surface area contributed by atoms with Crippen molar-refractivity contribution in [3.63, 3.8) is 0 Å². The van der Waals surface area contributed by atoms with Gasteiger partial charge >= 0.3 is 5.97 Å². The van der Waals surface area contributed by atoms with Gasteiger partial charge in [0.2, 0.25) is 5.91 Å². The molecule has 0 bridgehead atoms. The number of carbonyl (C=O) groups excluding carboxylic acids is 1. The molecule has 18 heavy (non-hydrogen) atoms. The van der Waals surface area contributed by atoms with Gasteiger partial charge in [0.25, 0.3) is 0 Å². The van der Waals surface area contributed by atoms with Gasteiger partial charge in [-0.3, -0.25) is 13.8 Å². The average molecular weight is 275 g/mol. The van der Waals surface area contributed by atoms with Gasteiger partial charge in [-0.15, -0.1) is 0 Å². The first-order valence-electron chi connectivity index (χ1n) is 6.26. The van der Waals surface area contributed by atoms with E-state index in [1.807, 2.05) is 0 Å². The van der Waals surface area contributed by atoms with Crippen molar-refractivity contribution in [3.8, 4) is 0 Å². The van der Waals surface area contributed by atoms with Crippen LogP contribution >= 0.6 is 0 Å². The van der Waals surface area contributed by atoms with Crippen molar-refractivity contribution in [2.75, 3.05) is 18.6 Å². The largest absolute Gasteiger partial charge is 0.481 e. The highest BCUT2D eigenvalue weighted by molar-refractivity contribution is 7.84. The number of carboxylic acids is 1. The highest BCUT2D eigenvalue weighted by Crippen LogP contribution is 2.41. The minimum Gasteiger partial charge on any atom is -0.481 e. The summed E-state index contributed by atoms with van der Waals surface area (Å²) in [6.45, 7) is 0.466.